The van der Waals surface area contributed by atoms with E-state index in [1.165, 1.54) is 0 Å². The standard InChI is InChI=1S/C14H18ClNO/c1-2-7-14(8-9-16-10-14)13(17)11-3-5-12(15)6-4-11/h3-6,16H,2,7-10H2,1H3. The van der Waals surface area contributed by atoms with Crippen molar-refractivity contribution in [3.05, 3.63) is 34.9 Å². The number of halogens is 1. The van der Waals surface area contributed by atoms with Gasteiger partial charge in [0.25, 0.3) is 0 Å². The second kappa shape index (κ2) is 5.19. The second-order valence-electron chi connectivity index (χ2n) is 4.79. The normalized spacial score (nSPS) is 23.9. The molecule has 1 fully saturated rings. The molecule has 3 heteroatoms. The highest BCUT2D eigenvalue weighted by atomic mass is 35.5. The van der Waals surface area contributed by atoms with Crippen LogP contribution in [0.5, 0.6) is 0 Å². The van der Waals surface area contributed by atoms with E-state index < -0.39 is 0 Å². The fourth-order valence-electron chi connectivity index (χ4n) is 2.65. The Morgan fingerprint density at radius 1 is 1.41 bits per heavy atom. The Morgan fingerprint density at radius 3 is 2.65 bits per heavy atom. The Hall–Kier alpha value is -0.860. The number of hydrogen-bond acceptors (Lipinski definition) is 2. The SMILES string of the molecule is CCCC1(C(=O)c2ccc(Cl)cc2)CCNC1. The highest BCUT2D eigenvalue weighted by Gasteiger charge is 2.40. The lowest BCUT2D eigenvalue weighted by atomic mass is 9.76. The van der Waals surface area contributed by atoms with E-state index in [2.05, 4.69) is 12.2 Å². The molecule has 2 rings (SSSR count). The van der Waals surface area contributed by atoms with Crippen LogP contribution in [-0.4, -0.2) is 18.9 Å². The van der Waals surface area contributed by atoms with Gasteiger partial charge in [0.1, 0.15) is 0 Å². The van der Waals surface area contributed by atoms with Gasteiger partial charge in [0, 0.05) is 22.5 Å². The lowest BCUT2D eigenvalue weighted by molar-refractivity contribution is 0.0802. The van der Waals surface area contributed by atoms with Crippen molar-refractivity contribution < 1.29 is 4.79 Å². The Balaban J connectivity index is 2.25. The number of hydrogen-bond donors (Lipinski definition) is 1. The maximum Gasteiger partial charge on any atom is 0.170 e. The van der Waals surface area contributed by atoms with Crippen molar-refractivity contribution in [2.45, 2.75) is 26.2 Å². The van der Waals surface area contributed by atoms with Gasteiger partial charge in [-0.2, -0.15) is 0 Å². The van der Waals surface area contributed by atoms with Gasteiger partial charge in [0.05, 0.1) is 0 Å². The predicted octanol–water partition coefficient (Wildman–Crippen LogP) is 3.30. The van der Waals surface area contributed by atoms with Crippen molar-refractivity contribution >= 4 is 17.4 Å². The van der Waals surface area contributed by atoms with E-state index in [1.54, 1.807) is 12.1 Å². The molecule has 0 aliphatic carbocycles. The molecule has 1 saturated heterocycles. The highest BCUT2D eigenvalue weighted by molar-refractivity contribution is 6.30. The molecular weight excluding hydrogens is 234 g/mol. The van der Waals surface area contributed by atoms with Crippen LogP contribution < -0.4 is 5.32 Å². The summed E-state index contributed by atoms with van der Waals surface area (Å²) < 4.78 is 0. The Kier molecular flexibility index (Phi) is 3.85. The molecule has 92 valence electrons. The van der Waals surface area contributed by atoms with Gasteiger partial charge >= 0.3 is 0 Å². The van der Waals surface area contributed by atoms with Gasteiger partial charge in [-0.15, -0.1) is 0 Å². The van der Waals surface area contributed by atoms with Gasteiger partial charge in [-0.25, -0.2) is 0 Å². The number of Topliss-reactive ketones (excluding diaryl/α,β-unsaturated/α-hetero) is 1. The number of benzene rings is 1. The number of carbonyl (C=O) groups is 1. The van der Waals surface area contributed by atoms with E-state index in [4.69, 9.17) is 11.6 Å². The first-order chi connectivity index (χ1) is 8.18. The van der Waals surface area contributed by atoms with Crippen LogP contribution in [0.2, 0.25) is 5.02 Å². The van der Waals surface area contributed by atoms with Crippen molar-refractivity contribution in [3.8, 4) is 0 Å². The van der Waals surface area contributed by atoms with Crippen LogP contribution in [-0.2, 0) is 0 Å². The molecule has 1 aromatic rings. The Bertz CT molecular complexity index is 393. The van der Waals surface area contributed by atoms with Gasteiger partial charge in [-0.05, 0) is 43.7 Å². The molecular formula is C14H18ClNO. The minimum absolute atomic E-state index is 0.192. The van der Waals surface area contributed by atoms with Gasteiger partial charge in [0.15, 0.2) is 5.78 Å². The van der Waals surface area contributed by atoms with E-state index in [1.807, 2.05) is 12.1 Å². The monoisotopic (exact) mass is 251 g/mol. The van der Waals surface area contributed by atoms with Crippen LogP contribution in [0.25, 0.3) is 0 Å². The molecule has 1 heterocycles. The quantitative estimate of drug-likeness (QED) is 0.832. The van der Waals surface area contributed by atoms with Crippen molar-refractivity contribution in [1.82, 2.24) is 5.32 Å². The molecule has 1 unspecified atom stereocenters. The average molecular weight is 252 g/mol. The highest BCUT2D eigenvalue weighted by Crippen LogP contribution is 2.35. The van der Waals surface area contributed by atoms with Crippen LogP contribution in [0, 0.1) is 5.41 Å². The zero-order valence-electron chi connectivity index (χ0n) is 10.1. The predicted molar refractivity (Wildman–Crippen MR) is 70.6 cm³/mol. The zero-order valence-corrected chi connectivity index (χ0v) is 10.9. The fourth-order valence-corrected chi connectivity index (χ4v) is 2.78. The maximum absolute atomic E-state index is 12.6. The first kappa shape index (κ1) is 12.6. The molecule has 0 bridgehead atoms. The Labute approximate surface area is 107 Å². The molecule has 0 amide bonds. The molecule has 2 nitrogen and oxygen atoms in total. The molecule has 0 radical (unpaired) electrons. The number of nitrogens with one attached hydrogen (secondary N) is 1. The van der Waals surface area contributed by atoms with Gasteiger partial charge in [0.2, 0.25) is 0 Å². The van der Waals surface area contributed by atoms with E-state index >= 15 is 0 Å². The van der Waals surface area contributed by atoms with Crippen LogP contribution >= 0.6 is 11.6 Å². The first-order valence-corrected chi connectivity index (χ1v) is 6.57. The van der Waals surface area contributed by atoms with Crippen molar-refractivity contribution in [2.24, 2.45) is 5.41 Å². The molecule has 1 aliphatic rings. The minimum atomic E-state index is -0.192. The first-order valence-electron chi connectivity index (χ1n) is 6.19. The summed E-state index contributed by atoms with van der Waals surface area (Å²) in [7, 11) is 0. The molecule has 17 heavy (non-hydrogen) atoms. The molecule has 1 atom stereocenters. The number of rotatable bonds is 4. The average Bonchev–Trinajstić information content (AvgIpc) is 2.79. The summed E-state index contributed by atoms with van der Waals surface area (Å²) in [5.41, 5.74) is 0.592. The third-order valence-electron chi connectivity index (χ3n) is 3.56. The topological polar surface area (TPSA) is 29.1 Å². The lowest BCUT2D eigenvalue weighted by Crippen LogP contribution is -2.33. The summed E-state index contributed by atoms with van der Waals surface area (Å²) in [6, 6.07) is 7.24. The second-order valence-corrected chi connectivity index (χ2v) is 5.23. The molecule has 1 N–H and O–H groups in total. The molecule has 0 saturated carbocycles. The summed E-state index contributed by atoms with van der Waals surface area (Å²) >= 11 is 5.85. The number of ketones is 1. The van der Waals surface area contributed by atoms with Gasteiger partial charge in [-0.3, -0.25) is 4.79 Å². The van der Waals surface area contributed by atoms with Gasteiger partial charge < -0.3 is 5.32 Å². The Morgan fingerprint density at radius 2 is 2.12 bits per heavy atom. The largest absolute Gasteiger partial charge is 0.316 e. The summed E-state index contributed by atoms with van der Waals surface area (Å²) in [6.45, 7) is 3.89. The summed E-state index contributed by atoms with van der Waals surface area (Å²) in [5.74, 6) is 0.265. The molecule has 1 aliphatic heterocycles. The van der Waals surface area contributed by atoms with Crippen molar-refractivity contribution in [2.75, 3.05) is 13.1 Å². The minimum Gasteiger partial charge on any atom is -0.316 e. The van der Waals surface area contributed by atoms with E-state index in [0.29, 0.717) is 5.02 Å². The smallest absolute Gasteiger partial charge is 0.170 e. The third-order valence-corrected chi connectivity index (χ3v) is 3.81. The molecule has 1 aromatic carbocycles. The lowest BCUT2D eigenvalue weighted by Gasteiger charge is -2.26. The van der Waals surface area contributed by atoms with E-state index in [-0.39, 0.29) is 11.2 Å². The zero-order chi connectivity index (χ0) is 12.3. The third kappa shape index (κ3) is 2.53. The summed E-state index contributed by atoms with van der Waals surface area (Å²) in [4.78, 5) is 12.6. The van der Waals surface area contributed by atoms with Crippen molar-refractivity contribution in [3.63, 3.8) is 0 Å². The molecule has 0 aromatic heterocycles. The fraction of sp³-hybridized carbons (Fsp3) is 0.500. The van der Waals surface area contributed by atoms with Crippen LogP contribution in [0.1, 0.15) is 36.5 Å². The summed E-state index contributed by atoms with van der Waals surface area (Å²) in [5, 5.41) is 3.99. The van der Waals surface area contributed by atoms with Crippen LogP contribution in [0.4, 0.5) is 0 Å². The van der Waals surface area contributed by atoms with E-state index in [0.717, 1.165) is 37.9 Å². The van der Waals surface area contributed by atoms with Crippen LogP contribution in [0.15, 0.2) is 24.3 Å². The van der Waals surface area contributed by atoms with E-state index in [9.17, 15) is 4.79 Å². The maximum atomic E-state index is 12.6. The summed E-state index contributed by atoms with van der Waals surface area (Å²) in [6.07, 6.45) is 2.95. The van der Waals surface area contributed by atoms with Gasteiger partial charge in [-0.1, -0.05) is 24.9 Å². The molecule has 0 spiro atoms. The van der Waals surface area contributed by atoms with Crippen LogP contribution in [0.3, 0.4) is 0 Å². The van der Waals surface area contributed by atoms with Crippen molar-refractivity contribution in [1.29, 1.82) is 0 Å². The number of carbonyl (C=O) groups excluding carboxylic acids is 1.